The van der Waals surface area contributed by atoms with Crippen molar-refractivity contribution in [3.8, 4) is 11.5 Å². The van der Waals surface area contributed by atoms with E-state index in [1.807, 2.05) is 23.1 Å². The fraction of sp³-hybridized carbons (Fsp3) is 0.650. The van der Waals surface area contributed by atoms with Crippen LogP contribution >= 0.6 is 0 Å². The van der Waals surface area contributed by atoms with Gasteiger partial charge in [0.25, 0.3) is 0 Å². The molecule has 2 aliphatic heterocycles. The van der Waals surface area contributed by atoms with Crippen LogP contribution in [0, 0.1) is 5.92 Å². The van der Waals surface area contributed by atoms with Crippen LogP contribution in [0.2, 0.25) is 0 Å². The lowest BCUT2D eigenvalue weighted by molar-refractivity contribution is -0.139. The Morgan fingerprint density at radius 1 is 1.04 bits per heavy atom. The van der Waals surface area contributed by atoms with Gasteiger partial charge in [-0.3, -0.25) is 4.79 Å². The van der Waals surface area contributed by atoms with Gasteiger partial charge >= 0.3 is 0 Å². The molecule has 0 spiro atoms. The van der Waals surface area contributed by atoms with Gasteiger partial charge in [0.1, 0.15) is 0 Å². The minimum Gasteiger partial charge on any atom is -0.454 e. The summed E-state index contributed by atoms with van der Waals surface area (Å²) in [6, 6.07) is 5.86. The lowest BCUT2D eigenvalue weighted by atomic mass is 9.86. The van der Waals surface area contributed by atoms with Gasteiger partial charge < -0.3 is 23.8 Å². The van der Waals surface area contributed by atoms with Crippen molar-refractivity contribution in [3.63, 3.8) is 0 Å². The second-order valence-corrected chi connectivity index (χ2v) is 7.34. The lowest BCUT2D eigenvalue weighted by Crippen LogP contribution is -2.38. The maximum absolute atomic E-state index is 13.0. The highest BCUT2D eigenvalue weighted by molar-refractivity contribution is 5.76. The third kappa shape index (κ3) is 4.30. The van der Waals surface area contributed by atoms with E-state index in [1.54, 1.807) is 0 Å². The van der Waals surface area contributed by atoms with Gasteiger partial charge in [0, 0.05) is 13.0 Å². The predicted octanol–water partition coefficient (Wildman–Crippen LogP) is 3.09. The number of hydrogen-bond acceptors (Lipinski definition) is 5. The van der Waals surface area contributed by atoms with Crippen molar-refractivity contribution in [3.05, 3.63) is 23.8 Å². The van der Waals surface area contributed by atoms with E-state index in [4.69, 9.17) is 18.9 Å². The molecule has 0 unspecified atom stereocenters. The maximum Gasteiger partial charge on any atom is 0.231 e. The van der Waals surface area contributed by atoms with Crippen molar-refractivity contribution in [2.75, 3.05) is 26.6 Å². The van der Waals surface area contributed by atoms with Crippen molar-refractivity contribution in [2.24, 2.45) is 5.92 Å². The van der Waals surface area contributed by atoms with Gasteiger partial charge in [-0.2, -0.15) is 0 Å². The molecule has 2 fully saturated rings. The van der Waals surface area contributed by atoms with Crippen LogP contribution in [0.15, 0.2) is 18.2 Å². The Kier molecular flexibility index (Phi) is 5.60. The topological polar surface area (TPSA) is 57.2 Å². The van der Waals surface area contributed by atoms with E-state index in [-0.39, 0.29) is 19.0 Å². The Morgan fingerprint density at radius 3 is 2.62 bits per heavy atom. The molecule has 0 bridgehead atoms. The van der Waals surface area contributed by atoms with Crippen LogP contribution in [0.25, 0.3) is 0 Å². The van der Waals surface area contributed by atoms with E-state index >= 15 is 0 Å². The summed E-state index contributed by atoms with van der Waals surface area (Å²) in [7, 11) is 0. The summed E-state index contributed by atoms with van der Waals surface area (Å²) < 4.78 is 22.0. The zero-order valence-corrected chi connectivity index (χ0v) is 15.2. The molecule has 4 rings (SSSR count). The number of fused-ring (bicyclic) bond motifs is 1. The van der Waals surface area contributed by atoms with Crippen LogP contribution in [0.5, 0.6) is 11.5 Å². The summed E-state index contributed by atoms with van der Waals surface area (Å²) in [4.78, 5) is 14.9. The molecule has 0 aromatic heterocycles. The molecule has 1 amide bonds. The minimum absolute atomic E-state index is 0.189. The Labute approximate surface area is 154 Å². The molecular formula is C20H27NO5. The highest BCUT2D eigenvalue weighted by atomic mass is 16.7. The molecule has 6 nitrogen and oxygen atoms in total. The van der Waals surface area contributed by atoms with E-state index < -0.39 is 0 Å². The average Bonchev–Trinajstić information content (AvgIpc) is 3.33. The zero-order chi connectivity index (χ0) is 17.8. The van der Waals surface area contributed by atoms with Gasteiger partial charge in [-0.1, -0.05) is 25.3 Å². The summed E-state index contributed by atoms with van der Waals surface area (Å²) >= 11 is 0. The van der Waals surface area contributed by atoms with Gasteiger partial charge in [0.05, 0.1) is 19.8 Å². The van der Waals surface area contributed by atoms with Crippen LogP contribution in [0.1, 0.15) is 44.1 Å². The first kappa shape index (κ1) is 17.6. The molecule has 6 heteroatoms. The van der Waals surface area contributed by atoms with E-state index in [9.17, 15) is 4.79 Å². The largest absolute Gasteiger partial charge is 0.454 e. The van der Waals surface area contributed by atoms with Crippen molar-refractivity contribution >= 4 is 5.91 Å². The molecule has 2 heterocycles. The molecule has 3 aliphatic rings. The third-order valence-electron chi connectivity index (χ3n) is 5.41. The first-order valence-electron chi connectivity index (χ1n) is 9.67. The molecule has 0 atom stereocenters. The van der Waals surface area contributed by atoms with Gasteiger partial charge in [-0.15, -0.1) is 0 Å². The number of rotatable bonds is 6. The number of carbonyl (C=O) groups excluding carboxylic acids is 1. The summed E-state index contributed by atoms with van der Waals surface area (Å²) in [5.74, 6) is 2.21. The third-order valence-corrected chi connectivity index (χ3v) is 5.41. The zero-order valence-electron chi connectivity index (χ0n) is 15.2. The molecule has 0 N–H and O–H groups in total. The van der Waals surface area contributed by atoms with Crippen molar-refractivity contribution in [1.29, 1.82) is 0 Å². The number of amides is 1. The molecule has 1 saturated carbocycles. The predicted molar refractivity (Wildman–Crippen MR) is 94.9 cm³/mol. The maximum atomic E-state index is 13.0. The SMILES string of the molecule is O=C(CC1CCCCC1)N(Cc1ccc2c(c1)OCO2)CC1OCCO1. The van der Waals surface area contributed by atoms with E-state index in [0.717, 1.165) is 17.1 Å². The van der Waals surface area contributed by atoms with Crippen LogP contribution in [-0.4, -0.2) is 43.6 Å². The van der Waals surface area contributed by atoms with Crippen molar-refractivity contribution in [2.45, 2.75) is 51.4 Å². The van der Waals surface area contributed by atoms with Crippen molar-refractivity contribution < 1.29 is 23.7 Å². The smallest absolute Gasteiger partial charge is 0.231 e. The van der Waals surface area contributed by atoms with Crippen LogP contribution in [0.3, 0.4) is 0 Å². The summed E-state index contributed by atoms with van der Waals surface area (Å²) in [5.41, 5.74) is 1.03. The molecular weight excluding hydrogens is 334 g/mol. The van der Waals surface area contributed by atoms with Gasteiger partial charge in [0.2, 0.25) is 12.7 Å². The summed E-state index contributed by atoms with van der Waals surface area (Å²) in [5, 5.41) is 0. The highest BCUT2D eigenvalue weighted by Crippen LogP contribution is 2.33. The summed E-state index contributed by atoms with van der Waals surface area (Å²) in [6.45, 7) is 2.46. The monoisotopic (exact) mass is 361 g/mol. The Hall–Kier alpha value is -1.79. The van der Waals surface area contributed by atoms with E-state index in [0.29, 0.717) is 38.6 Å². The normalized spacial score (nSPS) is 20.5. The molecule has 142 valence electrons. The molecule has 1 aromatic carbocycles. The Balaban J connectivity index is 1.43. The number of ether oxygens (including phenoxy) is 4. The van der Waals surface area contributed by atoms with Gasteiger partial charge in [-0.25, -0.2) is 0 Å². The average molecular weight is 361 g/mol. The minimum atomic E-state index is -0.320. The highest BCUT2D eigenvalue weighted by Gasteiger charge is 2.26. The fourth-order valence-corrected chi connectivity index (χ4v) is 3.97. The summed E-state index contributed by atoms with van der Waals surface area (Å²) in [6.07, 6.45) is 6.43. The van der Waals surface area contributed by atoms with Crippen LogP contribution in [-0.2, 0) is 20.8 Å². The Morgan fingerprint density at radius 2 is 1.81 bits per heavy atom. The van der Waals surface area contributed by atoms with Crippen LogP contribution < -0.4 is 9.47 Å². The second-order valence-electron chi connectivity index (χ2n) is 7.34. The van der Waals surface area contributed by atoms with Crippen LogP contribution in [0.4, 0.5) is 0 Å². The van der Waals surface area contributed by atoms with Gasteiger partial charge in [0.15, 0.2) is 17.8 Å². The lowest BCUT2D eigenvalue weighted by Gasteiger charge is -2.28. The first-order valence-corrected chi connectivity index (χ1v) is 9.67. The first-order chi connectivity index (χ1) is 12.8. The molecule has 1 saturated heterocycles. The molecule has 0 radical (unpaired) electrons. The molecule has 1 aliphatic carbocycles. The quantitative estimate of drug-likeness (QED) is 0.779. The molecule has 26 heavy (non-hydrogen) atoms. The number of nitrogens with zero attached hydrogens (tertiary/aromatic N) is 1. The number of carbonyl (C=O) groups is 1. The van der Waals surface area contributed by atoms with Gasteiger partial charge in [-0.05, 0) is 36.5 Å². The standard InChI is InChI=1S/C20H27NO5/c22-19(11-15-4-2-1-3-5-15)21(13-20-23-8-9-24-20)12-16-6-7-17-18(10-16)26-14-25-17/h6-7,10,15,20H,1-5,8-9,11-14H2. The van der Waals surface area contributed by atoms with E-state index in [1.165, 1.54) is 32.1 Å². The Bertz CT molecular complexity index is 623. The fourth-order valence-electron chi connectivity index (χ4n) is 3.97. The number of hydrogen-bond donors (Lipinski definition) is 0. The second kappa shape index (κ2) is 8.27. The van der Waals surface area contributed by atoms with Crippen molar-refractivity contribution in [1.82, 2.24) is 4.90 Å². The molecule has 1 aromatic rings. The van der Waals surface area contributed by atoms with E-state index in [2.05, 4.69) is 0 Å². The number of benzene rings is 1.